The maximum atomic E-state index is 12.9. The standard InChI is InChI=1S/C19H21FN2O5/c1-22(2)19(25)27-17-6-4-3-5-15(17)16(21-18(23)24)11-12-26-14-9-7-13(20)8-10-14/h3-10,16,21H,11-12H2,1-2H3,(H,23,24). The van der Waals surface area contributed by atoms with Crippen molar-refractivity contribution in [3.8, 4) is 11.5 Å². The van der Waals surface area contributed by atoms with Crippen molar-refractivity contribution in [3.63, 3.8) is 0 Å². The number of carbonyl (C=O) groups excluding carboxylic acids is 1. The summed E-state index contributed by atoms with van der Waals surface area (Å²) in [5, 5.41) is 11.5. The lowest BCUT2D eigenvalue weighted by atomic mass is 10.0. The van der Waals surface area contributed by atoms with Crippen molar-refractivity contribution in [1.29, 1.82) is 0 Å². The number of ether oxygens (including phenoxy) is 2. The SMILES string of the molecule is CN(C)C(=O)Oc1ccccc1C(CCOc1ccc(F)cc1)NC(=O)O. The molecule has 0 fully saturated rings. The highest BCUT2D eigenvalue weighted by molar-refractivity contribution is 5.71. The summed E-state index contributed by atoms with van der Waals surface area (Å²) in [5.41, 5.74) is 0.512. The first-order chi connectivity index (χ1) is 12.9. The lowest BCUT2D eigenvalue weighted by molar-refractivity contribution is 0.170. The molecule has 2 aromatic carbocycles. The fourth-order valence-corrected chi connectivity index (χ4v) is 2.33. The zero-order valence-corrected chi connectivity index (χ0v) is 15.0. The number of carbonyl (C=O) groups is 2. The third kappa shape index (κ3) is 6.18. The first kappa shape index (κ1) is 20.0. The topological polar surface area (TPSA) is 88.1 Å². The van der Waals surface area contributed by atoms with Gasteiger partial charge in [0.25, 0.3) is 0 Å². The summed E-state index contributed by atoms with van der Waals surface area (Å²) >= 11 is 0. The first-order valence-corrected chi connectivity index (χ1v) is 8.22. The Kier molecular flexibility index (Phi) is 6.99. The van der Waals surface area contributed by atoms with E-state index in [0.717, 1.165) is 0 Å². The zero-order chi connectivity index (χ0) is 19.8. The number of benzene rings is 2. The molecule has 0 aliphatic rings. The van der Waals surface area contributed by atoms with Crippen molar-refractivity contribution in [2.24, 2.45) is 0 Å². The average Bonchev–Trinajstić information content (AvgIpc) is 2.62. The Morgan fingerprint density at radius 2 is 1.81 bits per heavy atom. The first-order valence-electron chi connectivity index (χ1n) is 8.22. The minimum Gasteiger partial charge on any atom is -0.494 e. The predicted molar refractivity (Wildman–Crippen MR) is 96.6 cm³/mol. The van der Waals surface area contributed by atoms with Gasteiger partial charge in [0.1, 0.15) is 17.3 Å². The van der Waals surface area contributed by atoms with E-state index in [9.17, 15) is 14.0 Å². The van der Waals surface area contributed by atoms with Crippen LogP contribution in [0.5, 0.6) is 11.5 Å². The van der Waals surface area contributed by atoms with Gasteiger partial charge < -0.3 is 24.8 Å². The van der Waals surface area contributed by atoms with Crippen molar-refractivity contribution >= 4 is 12.2 Å². The number of rotatable bonds is 7. The van der Waals surface area contributed by atoms with E-state index in [1.807, 2.05) is 0 Å². The maximum Gasteiger partial charge on any atom is 0.414 e. The quantitative estimate of drug-likeness (QED) is 0.770. The highest BCUT2D eigenvalue weighted by atomic mass is 19.1. The van der Waals surface area contributed by atoms with Crippen LogP contribution in [0.1, 0.15) is 18.0 Å². The molecule has 0 aromatic heterocycles. The van der Waals surface area contributed by atoms with Gasteiger partial charge in [-0.25, -0.2) is 14.0 Å². The van der Waals surface area contributed by atoms with Gasteiger partial charge in [-0.3, -0.25) is 0 Å². The van der Waals surface area contributed by atoms with Crippen LogP contribution in [0.3, 0.4) is 0 Å². The van der Waals surface area contributed by atoms with Gasteiger partial charge in [-0.15, -0.1) is 0 Å². The van der Waals surface area contributed by atoms with E-state index in [1.165, 1.54) is 29.2 Å². The van der Waals surface area contributed by atoms with E-state index in [-0.39, 0.29) is 24.6 Å². The van der Waals surface area contributed by atoms with Crippen LogP contribution in [0.15, 0.2) is 48.5 Å². The molecule has 0 spiro atoms. The molecule has 2 aromatic rings. The van der Waals surface area contributed by atoms with Crippen molar-refractivity contribution in [3.05, 3.63) is 59.9 Å². The molecule has 2 rings (SSSR count). The highest BCUT2D eigenvalue weighted by Gasteiger charge is 2.20. The molecule has 0 radical (unpaired) electrons. The summed E-state index contributed by atoms with van der Waals surface area (Å²) in [6, 6.07) is 11.5. The second-order valence-electron chi connectivity index (χ2n) is 5.89. The van der Waals surface area contributed by atoms with E-state index in [0.29, 0.717) is 11.3 Å². The number of nitrogens with zero attached hydrogens (tertiary/aromatic N) is 1. The Balaban J connectivity index is 2.12. The van der Waals surface area contributed by atoms with Gasteiger partial charge in [-0.05, 0) is 30.3 Å². The van der Waals surface area contributed by atoms with E-state index in [4.69, 9.17) is 14.6 Å². The Labute approximate surface area is 156 Å². The lowest BCUT2D eigenvalue weighted by Gasteiger charge is -2.21. The molecule has 27 heavy (non-hydrogen) atoms. The van der Waals surface area contributed by atoms with Crippen LogP contribution in [0.25, 0.3) is 0 Å². The average molecular weight is 376 g/mol. The van der Waals surface area contributed by atoms with Crippen molar-refractivity contribution in [2.45, 2.75) is 12.5 Å². The fraction of sp³-hybridized carbons (Fsp3) is 0.263. The summed E-state index contributed by atoms with van der Waals surface area (Å²) in [6.45, 7) is 0.173. The minimum absolute atomic E-state index is 0.173. The van der Waals surface area contributed by atoms with Gasteiger partial charge in [0, 0.05) is 26.1 Å². The summed E-state index contributed by atoms with van der Waals surface area (Å²) < 4.78 is 23.8. The normalized spacial score (nSPS) is 11.4. The molecule has 0 aliphatic heterocycles. The number of halogens is 1. The molecule has 144 valence electrons. The van der Waals surface area contributed by atoms with Crippen molar-refractivity contribution in [1.82, 2.24) is 10.2 Å². The predicted octanol–water partition coefficient (Wildman–Crippen LogP) is 3.66. The molecular weight excluding hydrogens is 355 g/mol. The molecule has 0 saturated carbocycles. The summed E-state index contributed by atoms with van der Waals surface area (Å²) in [7, 11) is 3.10. The molecule has 7 nitrogen and oxygen atoms in total. The Morgan fingerprint density at radius 3 is 2.44 bits per heavy atom. The van der Waals surface area contributed by atoms with Crippen LogP contribution >= 0.6 is 0 Å². The summed E-state index contributed by atoms with van der Waals surface area (Å²) in [5.74, 6) is 0.360. The third-order valence-corrected chi connectivity index (χ3v) is 3.64. The Hall–Kier alpha value is -3.29. The van der Waals surface area contributed by atoms with Crippen molar-refractivity contribution < 1.29 is 28.6 Å². The molecule has 8 heteroatoms. The number of hydrogen-bond donors (Lipinski definition) is 2. The van der Waals surface area contributed by atoms with Gasteiger partial charge >= 0.3 is 12.2 Å². The van der Waals surface area contributed by atoms with Gasteiger partial charge in [0.05, 0.1) is 12.6 Å². The second-order valence-corrected chi connectivity index (χ2v) is 5.89. The Morgan fingerprint density at radius 1 is 1.15 bits per heavy atom. The Bertz CT molecular complexity index is 780. The lowest BCUT2D eigenvalue weighted by Crippen LogP contribution is -2.30. The second kappa shape index (κ2) is 9.42. The molecule has 2 amide bonds. The van der Waals surface area contributed by atoms with Gasteiger partial charge in [-0.1, -0.05) is 18.2 Å². The zero-order valence-electron chi connectivity index (χ0n) is 15.0. The van der Waals surface area contributed by atoms with E-state index in [2.05, 4.69) is 5.32 Å². The number of para-hydroxylation sites is 1. The van der Waals surface area contributed by atoms with Gasteiger partial charge in [0.15, 0.2) is 0 Å². The number of carboxylic acid groups (broad SMARTS) is 1. The summed E-state index contributed by atoms with van der Waals surface area (Å²) in [6.07, 6.45) is -1.50. The molecule has 2 N–H and O–H groups in total. The molecule has 0 aliphatic carbocycles. The maximum absolute atomic E-state index is 12.9. The molecular formula is C19H21FN2O5. The van der Waals surface area contributed by atoms with Crippen molar-refractivity contribution in [2.75, 3.05) is 20.7 Å². The number of amides is 2. The van der Waals surface area contributed by atoms with E-state index < -0.39 is 18.2 Å². The number of hydrogen-bond acceptors (Lipinski definition) is 4. The van der Waals surface area contributed by atoms with Gasteiger partial charge in [-0.2, -0.15) is 0 Å². The van der Waals surface area contributed by atoms with Crippen LogP contribution in [-0.4, -0.2) is 42.9 Å². The molecule has 0 saturated heterocycles. The van der Waals surface area contributed by atoms with Gasteiger partial charge in [0.2, 0.25) is 0 Å². The van der Waals surface area contributed by atoms with Crippen LogP contribution in [-0.2, 0) is 0 Å². The van der Waals surface area contributed by atoms with Crippen LogP contribution in [0, 0.1) is 5.82 Å². The van der Waals surface area contributed by atoms with Crippen LogP contribution in [0.2, 0.25) is 0 Å². The van der Waals surface area contributed by atoms with Crippen LogP contribution in [0.4, 0.5) is 14.0 Å². The third-order valence-electron chi connectivity index (χ3n) is 3.64. The van der Waals surface area contributed by atoms with E-state index in [1.54, 1.807) is 38.4 Å². The minimum atomic E-state index is -1.21. The highest BCUT2D eigenvalue weighted by Crippen LogP contribution is 2.28. The fourth-order valence-electron chi connectivity index (χ4n) is 2.33. The van der Waals surface area contributed by atoms with Crippen LogP contribution < -0.4 is 14.8 Å². The number of nitrogens with one attached hydrogen (secondary N) is 1. The van der Waals surface area contributed by atoms with E-state index >= 15 is 0 Å². The molecule has 1 atom stereocenters. The largest absolute Gasteiger partial charge is 0.494 e. The monoisotopic (exact) mass is 376 g/mol. The molecule has 0 bridgehead atoms. The smallest absolute Gasteiger partial charge is 0.414 e. The molecule has 1 unspecified atom stereocenters. The summed E-state index contributed by atoms with van der Waals surface area (Å²) in [4.78, 5) is 24.3. The molecule has 0 heterocycles.